The van der Waals surface area contributed by atoms with Crippen LogP contribution in [0.15, 0.2) is 16.8 Å². The van der Waals surface area contributed by atoms with Gasteiger partial charge in [-0.2, -0.15) is 23.3 Å². The molecule has 18 heavy (non-hydrogen) atoms. The van der Waals surface area contributed by atoms with Crippen molar-refractivity contribution in [2.75, 3.05) is 0 Å². The predicted octanol–water partition coefficient (Wildman–Crippen LogP) is 2.46. The summed E-state index contributed by atoms with van der Waals surface area (Å²) >= 11 is 0. The molecule has 0 spiro atoms. The van der Waals surface area contributed by atoms with Crippen LogP contribution in [-0.2, 0) is 12.7 Å². The first-order valence-electron chi connectivity index (χ1n) is 5.29. The lowest BCUT2D eigenvalue weighted by Crippen LogP contribution is -2.08. The Morgan fingerprint density at radius 2 is 2.11 bits per heavy atom. The molecule has 2 heterocycles. The van der Waals surface area contributed by atoms with Crippen molar-refractivity contribution in [3.63, 3.8) is 0 Å². The highest BCUT2D eigenvalue weighted by atomic mass is 19.4. The third kappa shape index (κ3) is 2.69. The van der Waals surface area contributed by atoms with Crippen LogP contribution in [0.3, 0.4) is 0 Å². The summed E-state index contributed by atoms with van der Waals surface area (Å²) in [6.07, 6.45) is -3.22. The largest absolute Gasteiger partial charge is 0.435 e. The van der Waals surface area contributed by atoms with Gasteiger partial charge in [0.25, 0.3) is 0 Å². The molecule has 0 atom stereocenters. The number of alkyl halides is 3. The van der Waals surface area contributed by atoms with Gasteiger partial charge in [0.05, 0.1) is 0 Å². The molecule has 2 rings (SSSR count). The van der Waals surface area contributed by atoms with Gasteiger partial charge in [-0.05, 0) is 6.07 Å². The second kappa shape index (κ2) is 4.43. The zero-order chi connectivity index (χ0) is 13.3. The Kier molecular flexibility index (Phi) is 3.10. The van der Waals surface area contributed by atoms with Gasteiger partial charge in [-0.1, -0.05) is 19.0 Å². The van der Waals surface area contributed by atoms with E-state index >= 15 is 0 Å². The summed E-state index contributed by atoms with van der Waals surface area (Å²) < 4.78 is 43.0. The van der Waals surface area contributed by atoms with Crippen LogP contribution in [-0.4, -0.2) is 19.9 Å². The zero-order valence-corrected chi connectivity index (χ0v) is 9.77. The van der Waals surface area contributed by atoms with E-state index in [2.05, 4.69) is 15.2 Å². The van der Waals surface area contributed by atoms with Crippen LogP contribution in [0.4, 0.5) is 13.2 Å². The number of aromatic nitrogens is 4. The van der Waals surface area contributed by atoms with Gasteiger partial charge in [0.1, 0.15) is 6.54 Å². The van der Waals surface area contributed by atoms with Crippen LogP contribution in [0.25, 0.3) is 0 Å². The van der Waals surface area contributed by atoms with Crippen LogP contribution >= 0.6 is 0 Å². The summed E-state index contributed by atoms with van der Waals surface area (Å²) in [4.78, 5) is 4.06. The average Bonchev–Trinajstić information content (AvgIpc) is 2.85. The molecule has 0 aliphatic rings. The second-order valence-electron chi connectivity index (χ2n) is 4.10. The van der Waals surface area contributed by atoms with E-state index in [9.17, 15) is 13.2 Å². The van der Waals surface area contributed by atoms with Gasteiger partial charge < -0.3 is 4.52 Å². The smallest absolute Gasteiger partial charge is 0.337 e. The Bertz CT molecular complexity index is 529. The van der Waals surface area contributed by atoms with Gasteiger partial charge in [-0.25, -0.2) is 0 Å². The van der Waals surface area contributed by atoms with E-state index in [-0.39, 0.29) is 18.4 Å². The molecule has 0 bridgehead atoms. The SMILES string of the molecule is CC(C)c1noc(Cn2ccc(C(F)(F)F)n2)n1. The Balaban J connectivity index is 2.11. The second-order valence-corrected chi connectivity index (χ2v) is 4.10. The first-order chi connectivity index (χ1) is 8.36. The van der Waals surface area contributed by atoms with E-state index in [1.165, 1.54) is 6.20 Å². The molecule has 98 valence electrons. The highest BCUT2D eigenvalue weighted by Gasteiger charge is 2.33. The van der Waals surface area contributed by atoms with Crippen molar-refractivity contribution in [1.82, 2.24) is 19.9 Å². The highest BCUT2D eigenvalue weighted by Crippen LogP contribution is 2.27. The number of nitrogens with zero attached hydrogens (tertiary/aromatic N) is 4. The Morgan fingerprint density at radius 1 is 1.39 bits per heavy atom. The van der Waals surface area contributed by atoms with E-state index < -0.39 is 11.9 Å². The maximum Gasteiger partial charge on any atom is 0.435 e. The molecule has 0 unspecified atom stereocenters. The summed E-state index contributed by atoms with van der Waals surface area (Å²) in [7, 11) is 0. The van der Waals surface area contributed by atoms with E-state index in [0.29, 0.717) is 5.82 Å². The van der Waals surface area contributed by atoms with Crippen molar-refractivity contribution in [3.8, 4) is 0 Å². The molecule has 0 aliphatic heterocycles. The van der Waals surface area contributed by atoms with Gasteiger partial charge in [-0.15, -0.1) is 0 Å². The fourth-order valence-corrected chi connectivity index (χ4v) is 1.31. The minimum absolute atomic E-state index is 0.0236. The highest BCUT2D eigenvalue weighted by molar-refractivity contribution is 5.04. The summed E-state index contributed by atoms with van der Waals surface area (Å²) in [5.41, 5.74) is -0.939. The van der Waals surface area contributed by atoms with Crippen LogP contribution in [0, 0.1) is 0 Å². The molecule has 0 aliphatic carbocycles. The first-order valence-corrected chi connectivity index (χ1v) is 5.29. The third-order valence-corrected chi connectivity index (χ3v) is 2.23. The van der Waals surface area contributed by atoms with E-state index in [1.54, 1.807) is 0 Å². The van der Waals surface area contributed by atoms with Gasteiger partial charge in [-0.3, -0.25) is 4.68 Å². The maximum absolute atomic E-state index is 12.3. The number of rotatable bonds is 3. The molecule has 0 N–H and O–H groups in total. The maximum atomic E-state index is 12.3. The summed E-state index contributed by atoms with van der Waals surface area (Å²) in [5.74, 6) is 0.856. The molecule has 0 amide bonds. The Labute approximate surface area is 101 Å². The van der Waals surface area contributed by atoms with Gasteiger partial charge in [0.15, 0.2) is 11.5 Å². The van der Waals surface area contributed by atoms with Crippen LogP contribution in [0.2, 0.25) is 0 Å². The topological polar surface area (TPSA) is 56.7 Å². The van der Waals surface area contributed by atoms with Crippen LogP contribution < -0.4 is 0 Å². The van der Waals surface area contributed by atoms with Crippen molar-refractivity contribution in [1.29, 1.82) is 0 Å². The standard InChI is InChI=1S/C10H11F3N4O/c1-6(2)9-14-8(18-16-9)5-17-4-3-7(15-17)10(11,12)13/h3-4,6H,5H2,1-2H3. The van der Waals surface area contributed by atoms with Gasteiger partial charge >= 0.3 is 6.18 Å². The van der Waals surface area contributed by atoms with Crippen molar-refractivity contribution in [3.05, 3.63) is 29.7 Å². The fraction of sp³-hybridized carbons (Fsp3) is 0.500. The molecule has 0 aromatic carbocycles. The lowest BCUT2D eigenvalue weighted by molar-refractivity contribution is -0.141. The van der Waals surface area contributed by atoms with Crippen molar-refractivity contribution < 1.29 is 17.7 Å². The Morgan fingerprint density at radius 3 is 2.61 bits per heavy atom. The quantitative estimate of drug-likeness (QED) is 0.850. The molecule has 0 fully saturated rings. The lowest BCUT2D eigenvalue weighted by Gasteiger charge is -2.00. The average molecular weight is 260 g/mol. The minimum atomic E-state index is -4.44. The molecular formula is C10H11F3N4O. The molecule has 5 nitrogen and oxygen atoms in total. The Hall–Kier alpha value is -1.86. The summed E-state index contributed by atoms with van der Waals surface area (Å²) in [5, 5.41) is 7.11. The number of halogens is 3. The van der Waals surface area contributed by atoms with E-state index in [4.69, 9.17) is 4.52 Å². The van der Waals surface area contributed by atoms with Crippen LogP contribution in [0.1, 0.15) is 37.2 Å². The monoisotopic (exact) mass is 260 g/mol. The minimum Gasteiger partial charge on any atom is -0.337 e. The van der Waals surface area contributed by atoms with Crippen molar-refractivity contribution in [2.24, 2.45) is 0 Å². The number of hydrogen-bond acceptors (Lipinski definition) is 4. The molecule has 0 saturated heterocycles. The van der Waals surface area contributed by atoms with Crippen LogP contribution in [0.5, 0.6) is 0 Å². The lowest BCUT2D eigenvalue weighted by atomic mass is 10.2. The van der Waals surface area contributed by atoms with Gasteiger partial charge in [0, 0.05) is 12.1 Å². The molecule has 2 aromatic rings. The fourth-order valence-electron chi connectivity index (χ4n) is 1.31. The van der Waals surface area contributed by atoms with Crippen molar-refractivity contribution in [2.45, 2.75) is 32.5 Å². The molecule has 0 saturated carbocycles. The third-order valence-electron chi connectivity index (χ3n) is 2.23. The number of hydrogen-bond donors (Lipinski definition) is 0. The molecule has 0 radical (unpaired) electrons. The van der Waals surface area contributed by atoms with Gasteiger partial charge in [0.2, 0.25) is 5.89 Å². The zero-order valence-electron chi connectivity index (χ0n) is 9.77. The predicted molar refractivity (Wildman–Crippen MR) is 54.7 cm³/mol. The van der Waals surface area contributed by atoms with Crippen molar-refractivity contribution >= 4 is 0 Å². The van der Waals surface area contributed by atoms with E-state index in [0.717, 1.165) is 10.7 Å². The molecular weight excluding hydrogens is 249 g/mol. The summed E-state index contributed by atoms with van der Waals surface area (Å²) in [6, 6.07) is 0.903. The molecule has 2 aromatic heterocycles. The van der Waals surface area contributed by atoms with E-state index in [1.807, 2.05) is 13.8 Å². The molecule has 8 heteroatoms. The first kappa shape index (κ1) is 12.6. The summed E-state index contributed by atoms with van der Waals surface area (Å²) in [6.45, 7) is 3.81. The normalized spacial score (nSPS) is 12.3.